The zero-order valence-corrected chi connectivity index (χ0v) is 13.1. The SMILES string of the molecule is Cc1cc(Cl)c2c(c1)C(C(C)C)(C(C)C)CCC2. The molecule has 2 rings (SSSR count). The van der Waals surface area contributed by atoms with Crippen LogP contribution in [0.5, 0.6) is 0 Å². The van der Waals surface area contributed by atoms with Crippen LogP contribution in [0.1, 0.15) is 57.2 Å². The van der Waals surface area contributed by atoms with E-state index in [9.17, 15) is 0 Å². The lowest BCUT2D eigenvalue weighted by Gasteiger charge is -2.46. The van der Waals surface area contributed by atoms with Gasteiger partial charge in [0.15, 0.2) is 0 Å². The number of rotatable bonds is 2. The van der Waals surface area contributed by atoms with Crippen LogP contribution in [0, 0.1) is 18.8 Å². The molecule has 0 bridgehead atoms. The van der Waals surface area contributed by atoms with Crippen molar-refractivity contribution in [3.63, 3.8) is 0 Å². The van der Waals surface area contributed by atoms with E-state index in [2.05, 4.69) is 46.8 Å². The molecule has 0 nitrogen and oxygen atoms in total. The lowest BCUT2D eigenvalue weighted by molar-refractivity contribution is 0.186. The third-order valence-electron chi connectivity index (χ3n) is 4.92. The Morgan fingerprint density at radius 1 is 1.11 bits per heavy atom. The van der Waals surface area contributed by atoms with Crippen molar-refractivity contribution in [1.82, 2.24) is 0 Å². The predicted molar refractivity (Wildman–Crippen MR) is 80.5 cm³/mol. The highest BCUT2D eigenvalue weighted by Gasteiger charge is 2.42. The van der Waals surface area contributed by atoms with Gasteiger partial charge in [0.1, 0.15) is 0 Å². The van der Waals surface area contributed by atoms with Gasteiger partial charge in [-0.2, -0.15) is 0 Å². The first kappa shape index (κ1) is 13.9. The van der Waals surface area contributed by atoms with Gasteiger partial charge < -0.3 is 0 Å². The molecule has 0 saturated carbocycles. The molecule has 0 unspecified atom stereocenters. The van der Waals surface area contributed by atoms with E-state index in [1.165, 1.54) is 29.5 Å². The second-order valence-electron chi connectivity index (χ2n) is 6.48. The zero-order chi connectivity index (χ0) is 13.5. The van der Waals surface area contributed by atoms with Gasteiger partial charge >= 0.3 is 0 Å². The fourth-order valence-electron chi connectivity index (χ4n) is 4.00. The Morgan fingerprint density at radius 2 is 1.72 bits per heavy atom. The lowest BCUT2D eigenvalue weighted by atomic mass is 9.58. The third-order valence-corrected chi connectivity index (χ3v) is 5.26. The number of hydrogen-bond donors (Lipinski definition) is 0. The molecule has 0 amide bonds. The highest BCUT2D eigenvalue weighted by Crippen LogP contribution is 2.49. The highest BCUT2D eigenvalue weighted by atomic mass is 35.5. The molecule has 0 saturated heterocycles. The molecular formula is C17H25Cl. The van der Waals surface area contributed by atoms with E-state index in [1.54, 1.807) is 0 Å². The van der Waals surface area contributed by atoms with Crippen LogP contribution in [-0.4, -0.2) is 0 Å². The van der Waals surface area contributed by atoms with Crippen molar-refractivity contribution in [2.45, 2.75) is 59.3 Å². The minimum Gasteiger partial charge on any atom is -0.0840 e. The van der Waals surface area contributed by atoms with Crippen molar-refractivity contribution in [1.29, 1.82) is 0 Å². The maximum atomic E-state index is 6.48. The first-order chi connectivity index (χ1) is 8.39. The molecular weight excluding hydrogens is 240 g/mol. The van der Waals surface area contributed by atoms with Crippen molar-refractivity contribution in [3.05, 3.63) is 33.8 Å². The Labute approximate surface area is 117 Å². The zero-order valence-electron chi connectivity index (χ0n) is 12.3. The van der Waals surface area contributed by atoms with Crippen molar-refractivity contribution in [3.8, 4) is 0 Å². The Bertz CT molecular complexity index is 435. The number of aryl methyl sites for hydroxylation is 1. The van der Waals surface area contributed by atoms with Crippen LogP contribution in [0.25, 0.3) is 0 Å². The molecule has 1 aliphatic carbocycles. The van der Waals surface area contributed by atoms with E-state index in [1.807, 2.05) is 0 Å². The molecule has 100 valence electrons. The van der Waals surface area contributed by atoms with Crippen molar-refractivity contribution in [2.75, 3.05) is 0 Å². The Morgan fingerprint density at radius 3 is 2.28 bits per heavy atom. The molecule has 0 radical (unpaired) electrons. The smallest absolute Gasteiger partial charge is 0.0443 e. The van der Waals surface area contributed by atoms with Crippen molar-refractivity contribution in [2.24, 2.45) is 11.8 Å². The Kier molecular flexibility index (Phi) is 3.78. The van der Waals surface area contributed by atoms with E-state index in [0.717, 1.165) is 11.4 Å². The highest BCUT2D eigenvalue weighted by molar-refractivity contribution is 6.31. The number of halogens is 1. The van der Waals surface area contributed by atoms with Crippen LogP contribution in [0.3, 0.4) is 0 Å². The molecule has 0 aliphatic heterocycles. The summed E-state index contributed by atoms with van der Waals surface area (Å²) in [6, 6.07) is 4.51. The summed E-state index contributed by atoms with van der Waals surface area (Å²) in [5, 5.41) is 0.982. The van der Waals surface area contributed by atoms with Crippen LogP contribution in [0.4, 0.5) is 0 Å². The Balaban J connectivity index is 2.69. The van der Waals surface area contributed by atoms with Gasteiger partial charge in [0.25, 0.3) is 0 Å². The average Bonchev–Trinajstić information content (AvgIpc) is 2.27. The van der Waals surface area contributed by atoms with Gasteiger partial charge in [-0.25, -0.2) is 0 Å². The second kappa shape index (κ2) is 4.89. The Hall–Kier alpha value is -0.490. The van der Waals surface area contributed by atoms with Gasteiger partial charge in [-0.1, -0.05) is 45.4 Å². The molecule has 0 aromatic heterocycles. The largest absolute Gasteiger partial charge is 0.0840 e. The normalized spacial score (nSPS) is 18.2. The molecule has 0 heterocycles. The number of benzene rings is 1. The van der Waals surface area contributed by atoms with Gasteiger partial charge in [0, 0.05) is 10.4 Å². The second-order valence-corrected chi connectivity index (χ2v) is 6.88. The molecule has 18 heavy (non-hydrogen) atoms. The monoisotopic (exact) mass is 264 g/mol. The summed E-state index contributed by atoms with van der Waals surface area (Å²) in [6.45, 7) is 11.6. The van der Waals surface area contributed by atoms with Crippen LogP contribution in [0.2, 0.25) is 5.02 Å². The van der Waals surface area contributed by atoms with Gasteiger partial charge in [-0.15, -0.1) is 0 Å². The van der Waals surface area contributed by atoms with Crippen LogP contribution >= 0.6 is 11.6 Å². The third kappa shape index (κ3) is 1.99. The van der Waals surface area contributed by atoms with Gasteiger partial charge in [0.2, 0.25) is 0 Å². The minimum atomic E-state index is 0.309. The first-order valence-electron chi connectivity index (χ1n) is 7.19. The molecule has 1 aliphatic rings. The standard InChI is InChI=1S/C17H25Cl/c1-11(2)17(12(3)4)8-6-7-14-15(17)9-13(5)10-16(14)18/h9-12H,6-8H2,1-5H3. The van der Waals surface area contributed by atoms with E-state index in [-0.39, 0.29) is 0 Å². The first-order valence-corrected chi connectivity index (χ1v) is 7.57. The molecule has 0 atom stereocenters. The van der Waals surface area contributed by atoms with Crippen molar-refractivity contribution < 1.29 is 0 Å². The molecule has 0 N–H and O–H groups in total. The predicted octanol–water partition coefficient (Wildman–Crippen LogP) is 5.53. The van der Waals surface area contributed by atoms with E-state index >= 15 is 0 Å². The van der Waals surface area contributed by atoms with Crippen molar-refractivity contribution >= 4 is 11.6 Å². The summed E-state index contributed by atoms with van der Waals surface area (Å²) in [4.78, 5) is 0. The van der Waals surface area contributed by atoms with E-state index in [0.29, 0.717) is 17.3 Å². The molecule has 0 fully saturated rings. The van der Waals surface area contributed by atoms with Crippen LogP contribution < -0.4 is 0 Å². The number of hydrogen-bond acceptors (Lipinski definition) is 0. The summed E-state index contributed by atoms with van der Waals surface area (Å²) in [5.41, 5.74) is 4.55. The van der Waals surface area contributed by atoms with E-state index < -0.39 is 0 Å². The fourth-order valence-corrected chi connectivity index (χ4v) is 4.37. The fraction of sp³-hybridized carbons (Fsp3) is 0.647. The summed E-state index contributed by atoms with van der Waals surface area (Å²) in [7, 11) is 0. The quantitative estimate of drug-likeness (QED) is 0.658. The summed E-state index contributed by atoms with van der Waals surface area (Å²) < 4.78 is 0. The van der Waals surface area contributed by atoms with Gasteiger partial charge in [-0.3, -0.25) is 0 Å². The lowest BCUT2D eigenvalue weighted by Crippen LogP contribution is -2.41. The van der Waals surface area contributed by atoms with Crippen LogP contribution in [0.15, 0.2) is 12.1 Å². The average molecular weight is 265 g/mol. The van der Waals surface area contributed by atoms with Gasteiger partial charge in [0.05, 0.1) is 0 Å². The number of fused-ring (bicyclic) bond motifs is 1. The maximum Gasteiger partial charge on any atom is 0.0443 e. The van der Waals surface area contributed by atoms with Crippen LogP contribution in [-0.2, 0) is 11.8 Å². The summed E-state index contributed by atoms with van der Waals surface area (Å²) in [5.74, 6) is 1.32. The topological polar surface area (TPSA) is 0 Å². The molecule has 1 aromatic rings. The molecule has 0 spiro atoms. The molecule has 1 heteroatoms. The summed E-state index contributed by atoms with van der Waals surface area (Å²) in [6.07, 6.45) is 3.72. The van der Waals surface area contributed by atoms with Gasteiger partial charge in [-0.05, 0) is 60.8 Å². The summed E-state index contributed by atoms with van der Waals surface area (Å²) >= 11 is 6.48. The molecule has 1 aromatic carbocycles. The maximum absolute atomic E-state index is 6.48. The van der Waals surface area contributed by atoms with E-state index in [4.69, 9.17) is 11.6 Å². The minimum absolute atomic E-state index is 0.309.